The fraction of sp³-hybridized carbons (Fsp3) is 0.456. The number of carbonyl (C=O) groups excluding carboxylic acids is 7. The average Bonchev–Trinajstić information content (AvgIpc) is 4.25. The molecule has 446 valence electrons. The topological polar surface area (TPSA) is 377 Å². The lowest BCUT2D eigenvalue weighted by Gasteiger charge is -2.34. The SMILES string of the molecule is CCCCOc1cc(F)c(C#Cc2ccc3cc(C(=O)N[C@H]4C[C@@H](O)[C@@H](O)NC(=O)[C@@H]5[C@@H](O)[C@@H](C)CN5C(=O)[C@H]([C@@H](C)O)NC(=O)[C@H]([C@H](O)[C@@H](O)c5ccc(O)cc5)NC(=O)[C@@H]5C[C@@H](O)CN5C(=O)[C@H]([C@@H](C)O)NC4=O)ccc3c2)cc1F. The number of benzene rings is 4. The number of unbranched alkanes of at least 4 members (excludes halogenated alkanes) is 1. The number of rotatable bonds is 11. The number of hydrogen-bond donors (Lipinski definition) is 14. The number of aliphatic hydroxyl groups is 8. The van der Waals surface area contributed by atoms with E-state index in [0.29, 0.717) is 22.8 Å². The molecule has 14 N–H and O–H groups in total. The van der Waals surface area contributed by atoms with Crippen LogP contribution in [0.5, 0.6) is 11.5 Å². The summed E-state index contributed by atoms with van der Waals surface area (Å²) in [6.07, 6.45) is -15.7. The highest BCUT2D eigenvalue weighted by molar-refractivity contribution is 6.02. The number of amides is 7. The van der Waals surface area contributed by atoms with Crippen LogP contribution in [0.2, 0.25) is 0 Å². The number of nitrogens with zero attached hydrogens (tertiary/aromatic N) is 2. The van der Waals surface area contributed by atoms with Gasteiger partial charge in [0.05, 0.1) is 36.6 Å². The number of halogens is 2. The van der Waals surface area contributed by atoms with Gasteiger partial charge in [-0.25, -0.2) is 8.78 Å². The Hall–Kier alpha value is -7.87. The van der Waals surface area contributed by atoms with Crippen molar-refractivity contribution in [2.24, 2.45) is 5.92 Å². The van der Waals surface area contributed by atoms with E-state index in [0.717, 1.165) is 54.3 Å². The van der Waals surface area contributed by atoms with Crippen molar-refractivity contribution in [3.05, 3.63) is 107 Å². The summed E-state index contributed by atoms with van der Waals surface area (Å²) in [6.45, 7) is 4.69. The number of carbonyl (C=O) groups is 7. The number of aliphatic hydroxyl groups excluding tert-OH is 8. The predicted octanol–water partition coefficient (Wildman–Crippen LogP) is -1.82. The summed E-state index contributed by atoms with van der Waals surface area (Å²) in [5.74, 6) is -6.24. The van der Waals surface area contributed by atoms with Gasteiger partial charge in [-0.1, -0.05) is 56.4 Å². The molecule has 0 aliphatic carbocycles. The smallest absolute Gasteiger partial charge is 0.251 e. The summed E-state index contributed by atoms with van der Waals surface area (Å²) >= 11 is 0. The quantitative estimate of drug-likeness (QED) is 0.0581. The summed E-state index contributed by atoms with van der Waals surface area (Å²) in [4.78, 5) is 102. The summed E-state index contributed by atoms with van der Waals surface area (Å²) in [6, 6.07) is 3.54. The van der Waals surface area contributed by atoms with Gasteiger partial charge in [-0.3, -0.25) is 33.6 Å². The van der Waals surface area contributed by atoms with Crippen LogP contribution in [0.3, 0.4) is 0 Å². The van der Waals surface area contributed by atoms with E-state index in [1.807, 2.05) is 6.92 Å². The second kappa shape index (κ2) is 27.0. The molecule has 0 saturated carbocycles. The van der Waals surface area contributed by atoms with Gasteiger partial charge >= 0.3 is 0 Å². The van der Waals surface area contributed by atoms with Gasteiger partial charge in [-0.05, 0) is 79.1 Å². The Morgan fingerprint density at radius 2 is 1.35 bits per heavy atom. The van der Waals surface area contributed by atoms with E-state index in [1.165, 1.54) is 43.3 Å². The predicted molar refractivity (Wildman–Crippen MR) is 288 cm³/mol. The molecule has 3 aliphatic heterocycles. The fourth-order valence-electron chi connectivity index (χ4n) is 9.93. The Morgan fingerprint density at radius 3 is 2.01 bits per heavy atom. The van der Waals surface area contributed by atoms with E-state index in [4.69, 9.17) is 4.74 Å². The number of nitrogens with one attached hydrogen (secondary N) is 5. The highest BCUT2D eigenvalue weighted by Gasteiger charge is 2.50. The Bertz CT molecular complexity index is 3140. The molecular formula is C57H67F2N7O17. The van der Waals surface area contributed by atoms with Crippen molar-refractivity contribution < 1.29 is 93.0 Å². The third-order valence-corrected chi connectivity index (χ3v) is 14.7. The van der Waals surface area contributed by atoms with Crippen LogP contribution in [0, 0.1) is 29.4 Å². The molecular weight excluding hydrogens is 1090 g/mol. The summed E-state index contributed by atoms with van der Waals surface area (Å²) in [7, 11) is 0. The molecule has 7 rings (SSSR count). The van der Waals surface area contributed by atoms with Crippen molar-refractivity contribution >= 4 is 52.1 Å². The highest BCUT2D eigenvalue weighted by atomic mass is 19.1. The number of phenolic OH excluding ortho intramolecular Hbond substituents is 1. The maximum atomic E-state index is 14.9. The van der Waals surface area contributed by atoms with Crippen molar-refractivity contribution in [2.45, 2.75) is 139 Å². The molecule has 0 aromatic heterocycles. The lowest BCUT2D eigenvalue weighted by molar-refractivity contribution is -0.148. The second-order valence-corrected chi connectivity index (χ2v) is 21.0. The summed E-state index contributed by atoms with van der Waals surface area (Å²) in [5.41, 5.74) is -0.0299. The number of aromatic hydroxyl groups is 1. The highest BCUT2D eigenvalue weighted by Crippen LogP contribution is 2.29. The largest absolute Gasteiger partial charge is 0.508 e. The number of fused-ring (bicyclic) bond motifs is 3. The Labute approximate surface area is 474 Å². The van der Waals surface area contributed by atoms with Crippen molar-refractivity contribution in [3.8, 4) is 23.3 Å². The minimum absolute atomic E-state index is 0.0896. The van der Waals surface area contributed by atoms with Crippen molar-refractivity contribution in [1.29, 1.82) is 0 Å². The molecule has 4 aromatic rings. The molecule has 83 heavy (non-hydrogen) atoms. The summed E-state index contributed by atoms with van der Waals surface area (Å²) in [5, 5.41) is 112. The molecule has 3 heterocycles. The van der Waals surface area contributed by atoms with E-state index in [1.54, 1.807) is 12.1 Å². The maximum absolute atomic E-state index is 14.9. The third-order valence-electron chi connectivity index (χ3n) is 14.7. The molecule has 15 atom stereocenters. The van der Waals surface area contributed by atoms with Gasteiger partial charge < -0.3 is 87.1 Å². The van der Waals surface area contributed by atoms with Gasteiger partial charge in [-0.15, -0.1) is 0 Å². The number of ether oxygens (including phenoxy) is 1. The fourth-order valence-corrected chi connectivity index (χ4v) is 9.93. The first-order valence-corrected chi connectivity index (χ1v) is 26.8. The Kier molecular flexibility index (Phi) is 20.4. The van der Waals surface area contributed by atoms with Gasteiger partial charge in [0.15, 0.2) is 17.8 Å². The van der Waals surface area contributed by atoms with Crippen LogP contribution in [0.25, 0.3) is 10.8 Å². The van der Waals surface area contributed by atoms with Crippen LogP contribution in [-0.2, 0) is 28.8 Å². The summed E-state index contributed by atoms with van der Waals surface area (Å²) < 4.78 is 34.9. The molecule has 26 heteroatoms. The van der Waals surface area contributed by atoms with Gasteiger partial charge in [-0.2, -0.15) is 0 Å². The van der Waals surface area contributed by atoms with E-state index in [2.05, 4.69) is 38.4 Å². The van der Waals surface area contributed by atoms with Crippen LogP contribution in [0.1, 0.15) is 86.5 Å². The first-order chi connectivity index (χ1) is 39.3. The molecule has 0 bridgehead atoms. The molecule has 4 aromatic carbocycles. The van der Waals surface area contributed by atoms with E-state index in [9.17, 15) is 88.3 Å². The molecule has 24 nitrogen and oxygen atoms in total. The van der Waals surface area contributed by atoms with Gasteiger partial charge in [0.1, 0.15) is 66.1 Å². The third kappa shape index (κ3) is 14.7. The zero-order valence-corrected chi connectivity index (χ0v) is 45.5. The lowest BCUT2D eigenvalue weighted by atomic mass is 9.96. The zero-order valence-electron chi connectivity index (χ0n) is 45.5. The first kappa shape index (κ1) is 62.7. The Morgan fingerprint density at radius 1 is 0.723 bits per heavy atom. The normalized spacial score (nSPS) is 27.3. The van der Waals surface area contributed by atoms with Gasteiger partial charge in [0.25, 0.3) is 5.91 Å². The monoisotopic (exact) mass is 1160 g/mol. The minimum atomic E-state index is -2.34. The minimum Gasteiger partial charge on any atom is -0.508 e. The molecule has 7 amide bonds. The molecule has 0 unspecified atom stereocenters. The molecule has 3 fully saturated rings. The van der Waals surface area contributed by atoms with Crippen LogP contribution in [0.4, 0.5) is 8.78 Å². The molecule has 3 aliphatic rings. The van der Waals surface area contributed by atoms with Crippen molar-refractivity contribution in [1.82, 2.24) is 36.4 Å². The van der Waals surface area contributed by atoms with Crippen molar-refractivity contribution in [3.63, 3.8) is 0 Å². The van der Waals surface area contributed by atoms with Crippen LogP contribution in [0.15, 0.2) is 72.8 Å². The van der Waals surface area contributed by atoms with Crippen LogP contribution < -0.4 is 31.3 Å². The first-order valence-electron chi connectivity index (χ1n) is 26.8. The maximum Gasteiger partial charge on any atom is 0.251 e. The Balaban J connectivity index is 1.21. The van der Waals surface area contributed by atoms with E-state index in [-0.39, 0.29) is 34.8 Å². The average molecular weight is 1160 g/mol. The lowest BCUT2D eigenvalue weighted by Crippen LogP contribution is -2.64. The van der Waals surface area contributed by atoms with Crippen LogP contribution >= 0.6 is 0 Å². The van der Waals surface area contributed by atoms with Crippen LogP contribution in [-0.4, -0.2) is 196 Å². The number of phenols is 1. The van der Waals surface area contributed by atoms with E-state index < -0.39 is 170 Å². The van der Waals surface area contributed by atoms with Gasteiger partial charge in [0.2, 0.25) is 35.4 Å². The standard InChI is InChI=1S/C57H67F2N7O17/c1-5-6-17-83-42-22-37(58)33(20-38(42)59)10-8-29-7-9-32-19-34(12-11-31(32)18-29)50(75)60-39-23-41(71)53(78)64-55(80)46-47(72)26(2)24-66(46)57(82)44(28(4)68)62-54(79)45(49(74)48(73)30-13-15-35(69)16-14-30)63-52(77)40-21-36(70)25-65(40)56(81)43(27(3)67)61-51(39)76/h7,9,11-16,18-20,22,26-28,36,39-41,43-49,53,67-74,78H,5-6,17,21,23-25H2,1-4H3,(H,60,75)(H,61,76)(H,62,79)(H,63,77)(H,64,80)/t26-,27+,28+,36+,39-,40-,41+,43-,44-,45-,46-,47-,48-,49-,53+/m0/s1. The van der Waals surface area contributed by atoms with E-state index >= 15 is 0 Å². The molecule has 0 radical (unpaired) electrons. The molecule has 3 saturated heterocycles. The van der Waals surface area contributed by atoms with Crippen molar-refractivity contribution in [2.75, 3.05) is 19.7 Å². The molecule has 0 spiro atoms. The second-order valence-electron chi connectivity index (χ2n) is 21.0. The number of hydrogen-bond acceptors (Lipinski definition) is 17. The zero-order chi connectivity index (χ0) is 60.7. The van der Waals surface area contributed by atoms with Gasteiger partial charge in [0, 0.05) is 49.0 Å².